The van der Waals surface area contributed by atoms with Gasteiger partial charge >= 0.3 is 0 Å². The van der Waals surface area contributed by atoms with Gasteiger partial charge in [-0.1, -0.05) is 0 Å². The quantitative estimate of drug-likeness (QED) is 0.810. The topological polar surface area (TPSA) is 84.4 Å². The summed E-state index contributed by atoms with van der Waals surface area (Å²) in [5.74, 6) is -0.282. The Balaban J connectivity index is 1.99. The second kappa shape index (κ2) is 8.57. The van der Waals surface area contributed by atoms with Crippen molar-refractivity contribution >= 4 is 11.8 Å². The Bertz CT molecular complexity index is 515. The van der Waals surface area contributed by atoms with Crippen molar-refractivity contribution in [3.8, 4) is 0 Å². The van der Waals surface area contributed by atoms with Gasteiger partial charge in [0.25, 0.3) is 5.91 Å². The Morgan fingerprint density at radius 2 is 2.26 bits per heavy atom. The number of amides is 2. The maximum atomic E-state index is 12.6. The van der Waals surface area contributed by atoms with E-state index in [0.29, 0.717) is 13.1 Å². The number of carbonyl (C=O) groups excluding carboxylic acids is 2. The van der Waals surface area contributed by atoms with Crippen LogP contribution in [-0.4, -0.2) is 58.5 Å². The molecule has 0 saturated carbocycles. The van der Waals surface area contributed by atoms with Crippen LogP contribution in [-0.2, 0) is 9.53 Å². The van der Waals surface area contributed by atoms with Crippen LogP contribution in [0.2, 0.25) is 0 Å². The molecule has 2 amide bonds. The van der Waals surface area contributed by atoms with Gasteiger partial charge in [0.15, 0.2) is 0 Å². The van der Waals surface area contributed by atoms with Crippen LogP contribution in [0, 0.1) is 0 Å². The first-order valence-corrected chi connectivity index (χ1v) is 8.02. The van der Waals surface area contributed by atoms with Gasteiger partial charge in [-0.3, -0.25) is 14.6 Å². The summed E-state index contributed by atoms with van der Waals surface area (Å²) in [6, 6.07) is 0.0878. The van der Waals surface area contributed by atoms with Crippen molar-refractivity contribution in [1.82, 2.24) is 20.2 Å². The number of aromatic nitrogens is 2. The highest BCUT2D eigenvalue weighted by Gasteiger charge is 2.24. The van der Waals surface area contributed by atoms with Crippen LogP contribution in [0.1, 0.15) is 43.6 Å². The van der Waals surface area contributed by atoms with E-state index >= 15 is 0 Å². The Morgan fingerprint density at radius 1 is 1.43 bits per heavy atom. The number of hydrogen-bond donors (Lipinski definition) is 1. The predicted molar refractivity (Wildman–Crippen MR) is 84.8 cm³/mol. The largest absolute Gasteiger partial charge is 0.376 e. The zero-order valence-electron chi connectivity index (χ0n) is 13.7. The molecule has 0 aromatic carbocycles. The van der Waals surface area contributed by atoms with Crippen LogP contribution >= 0.6 is 0 Å². The average Bonchev–Trinajstić information content (AvgIpc) is 3.04. The first kappa shape index (κ1) is 17.3. The Kier molecular flexibility index (Phi) is 6.46. The van der Waals surface area contributed by atoms with E-state index in [9.17, 15) is 9.59 Å². The summed E-state index contributed by atoms with van der Waals surface area (Å²) in [4.78, 5) is 34.1. The minimum atomic E-state index is -0.217. The molecule has 1 atom stereocenters. The molecule has 1 unspecified atom stereocenters. The SMILES string of the molecule is CC(C)NC(=O)CCN(CC1CCCO1)C(=O)c1cnccn1. The lowest BCUT2D eigenvalue weighted by Crippen LogP contribution is -2.41. The first-order valence-electron chi connectivity index (χ1n) is 8.02. The van der Waals surface area contributed by atoms with E-state index in [1.165, 1.54) is 18.6 Å². The Labute approximate surface area is 136 Å². The lowest BCUT2D eigenvalue weighted by molar-refractivity contribution is -0.121. The van der Waals surface area contributed by atoms with Crippen molar-refractivity contribution < 1.29 is 14.3 Å². The molecule has 1 aliphatic heterocycles. The van der Waals surface area contributed by atoms with Crippen LogP contribution < -0.4 is 5.32 Å². The highest BCUT2D eigenvalue weighted by Crippen LogP contribution is 2.15. The summed E-state index contributed by atoms with van der Waals surface area (Å²) in [6.07, 6.45) is 6.69. The van der Waals surface area contributed by atoms with Crippen LogP contribution in [0.4, 0.5) is 0 Å². The van der Waals surface area contributed by atoms with Gasteiger partial charge in [-0.25, -0.2) is 4.98 Å². The van der Waals surface area contributed by atoms with E-state index < -0.39 is 0 Å². The van der Waals surface area contributed by atoms with Crippen LogP contribution in [0.3, 0.4) is 0 Å². The smallest absolute Gasteiger partial charge is 0.274 e. The number of carbonyl (C=O) groups is 2. The van der Waals surface area contributed by atoms with Crippen molar-refractivity contribution in [3.63, 3.8) is 0 Å². The molecule has 7 heteroatoms. The minimum Gasteiger partial charge on any atom is -0.376 e. The summed E-state index contributed by atoms with van der Waals surface area (Å²) < 4.78 is 5.61. The summed E-state index contributed by atoms with van der Waals surface area (Å²) in [6.45, 7) is 5.36. The van der Waals surface area contributed by atoms with E-state index in [1.54, 1.807) is 4.90 Å². The third kappa shape index (κ3) is 5.59. The van der Waals surface area contributed by atoms with Crippen molar-refractivity contribution in [2.75, 3.05) is 19.7 Å². The number of rotatable bonds is 7. The summed E-state index contributed by atoms with van der Waals surface area (Å²) >= 11 is 0. The van der Waals surface area contributed by atoms with Crippen LogP contribution in [0.25, 0.3) is 0 Å². The van der Waals surface area contributed by atoms with E-state index in [0.717, 1.165) is 19.4 Å². The molecule has 1 aliphatic rings. The maximum Gasteiger partial charge on any atom is 0.274 e. The van der Waals surface area contributed by atoms with Crippen molar-refractivity contribution in [2.24, 2.45) is 0 Å². The number of ether oxygens (including phenoxy) is 1. The highest BCUT2D eigenvalue weighted by molar-refractivity contribution is 5.92. The molecule has 7 nitrogen and oxygen atoms in total. The molecule has 0 spiro atoms. The number of nitrogens with zero attached hydrogens (tertiary/aromatic N) is 3. The van der Waals surface area contributed by atoms with Gasteiger partial charge in [0.1, 0.15) is 5.69 Å². The summed E-state index contributed by atoms with van der Waals surface area (Å²) in [5.41, 5.74) is 0.287. The molecule has 1 saturated heterocycles. The fourth-order valence-electron chi connectivity index (χ4n) is 2.51. The molecule has 126 valence electrons. The number of hydrogen-bond acceptors (Lipinski definition) is 5. The Hall–Kier alpha value is -2.02. The van der Waals surface area contributed by atoms with Gasteiger partial charge in [-0.2, -0.15) is 0 Å². The fraction of sp³-hybridized carbons (Fsp3) is 0.625. The standard InChI is InChI=1S/C16H24N4O3/c1-12(2)19-15(21)5-8-20(11-13-4-3-9-23-13)16(22)14-10-17-6-7-18-14/h6-7,10,12-13H,3-5,8-9,11H2,1-2H3,(H,19,21). The third-order valence-electron chi connectivity index (χ3n) is 3.58. The van der Waals surface area contributed by atoms with E-state index in [2.05, 4.69) is 15.3 Å². The molecule has 1 aromatic rings. The van der Waals surface area contributed by atoms with Gasteiger partial charge in [-0.15, -0.1) is 0 Å². The van der Waals surface area contributed by atoms with Crippen LogP contribution in [0.5, 0.6) is 0 Å². The zero-order chi connectivity index (χ0) is 16.7. The van der Waals surface area contributed by atoms with E-state index in [-0.39, 0.29) is 36.1 Å². The van der Waals surface area contributed by atoms with Gasteiger partial charge in [0, 0.05) is 44.6 Å². The monoisotopic (exact) mass is 320 g/mol. The maximum absolute atomic E-state index is 12.6. The van der Waals surface area contributed by atoms with Crippen molar-refractivity contribution in [3.05, 3.63) is 24.3 Å². The predicted octanol–water partition coefficient (Wildman–Crippen LogP) is 1.01. The zero-order valence-corrected chi connectivity index (χ0v) is 13.7. The van der Waals surface area contributed by atoms with Crippen LogP contribution in [0.15, 0.2) is 18.6 Å². The van der Waals surface area contributed by atoms with E-state index in [1.807, 2.05) is 13.8 Å². The molecule has 1 N–H and O–H groups in total. The van der Waals surface area contributed by atoms with E-state index in [4.69, 9.17) is 4.74 Å². The third-order valence-corrected chi connectivity index (χ3v) is 3.58. The molecule has 0 aliphatic carbocycles. The van der Waals surface area contributed by atoms with Crippen molar-refractivity contribution in [1.29, 1.82) is 0 Å². The summed E-state index contributed by atoms with van der Waals surface area (Å²) in [7, 11) is 0. The highest BCUT2D eigenvalue weighted by atomic mass is 16.5. The second-order valence-corrected chi connectivity index (χ2v) is 5.95. The Morgan fingerprint density at radius 3 is 2.87 bits per heavy atom. The lowest BCUT2D eigenvalue weighted by Gasteiger charge is -2.25. The number of nitrogens with one attached hydrogen (secondary N) is 1. The first-order chi connectivity index (χ1) is 11.1. The van der Waals surface area contributed by atoms with Crippen molar-refractivity contribution in [2.45, 2.75) is 45.3 Å². The molecule has 23 heavy (non-hydrogen) atoms. The molecule has 1 aromatic heterocycles. The second-order valence-electron chi connectivity index (χ2n) is 5.95. The molecule has 0 bridgehead atoms. The van der Waals surface area contributed by atoms with Gasteiger partial charge < -0.3 is 15.0 Å². The molecular weight excluding hydrogens is 296 g/mol. The average molecular weight is 320 g/mol. The van der Waals surface area contributed by atoms with Gasteiger partial charge in [0.05, 0.1) is 12.3 Å². The molecule has 2 rings (SSSR count). The summed E-state index contributed by atoms with van der Waals surface area (Å²) in [5, 5.41) is 2.83. The fourth-order valence-corrected chi connectivity index (χ4v) is 2.51. The molecule has 1 fully saturated rings. The normalized spacial score (nSPS) is 17.3. The lowest BCUT2D eigenvalue weighted by atomic mass is 10.2. The molecular formula is C16H24N4O3. The molecule has 2 heterocycles. The van der Waals surface area contributed by atoms with Gasteiger partial charge in [0.2, 0.25) is 5.91 Å². The van der Waals surface area contributed by atoms with Gasteiger partial charge in [-0.05, 0) is 26.7 Å². The minimum absolute atomic E-state index is 0.0313. The molecule has 0 radical (unpaired) electrons.